The third-order valence-electron chi connectivity index (χ3n) is 1.89. The van der Waals surface area contributed by atoms with E-state index >= 15 is 0 Å². The molecule has 2 aromatic rings. The van der Waals surface area contributed by atoms with Crippen molar-refractivity contribution in [2.24, 2.45) is 0 Å². The van der Waals surface area contributed by atoms with Gasteiger partial charge in [-0.05, 0) is 40.7 Å². The Bertz CT molecular complexity index is 405. The third-order valence-corrected chi connectivity index (χ3v) is 2.94. The molecule has 13 heavy (non-hydrogen) atoms. The van der Waals surface area contributed by atoms with Gasteiger partial charge in [0.25, 0.3) is 0 Å². The molecule has 1 aromatic carbocycles. The van der Waals surface area contributed by atoms with E-state index in [1.54, 1.807) is 23.5 Å². The van der Waals surface area contributed by atoms with Crippen molar-refractivity contribution in [3.8, 4) is 16.2 Å². The summed E-state index contributed by atoms with van der Waals surface area (Å²) in [5, 5.41) is 9.11. The summed E-state index contributed by atoms with van der Waals surface area (Å²) >= 11 is 1.77. The van der Waals surface area contributed by atoms with Crippen LogP contribution in [0.4, 0.5) is 0 Å². The normalized spacial score (nSPS) is 10.2. The smallest absolute Gasteiger partial charge is 0.152 e. The minimum atomic E-state index is 0.317. The van der Waals surface area contributed by atoms with E-state index in [9.17, 15) is 0 Å². The van der Waals surface area contributed by atoms with Crippen LogP contribution >= 0.6 is 11.3 Å². The molecular weight excluding hydrogens is 179 g/mol. The highest BCUT2D eigenvalue weighted by Gasteiger charge is 1.99. The van der Waals surface area contributed by atoms with Gasteiger partial charge in [-0.1, -0.05) is 6.07 Å². The summed E-state index contributed by atoms with van der Waals surface area (Å²) in [5.41, 5.74) is 1.16. The summed E-state index contributed by atoms with van der Waals surface area (Å²) in [5.74, 6) is 0.317. The number of phenolic OH excluding ortho intramolecular Hbond substituents is 1. The fourth-order valence-corrected chi connectivity index (χ4v) is 2.09. The van der Waals surface area contributed by atoms with Crippen LogP contribution in [0.25, 0.3) is 10.4 Å². The lowest BCUT2D eigenvalue weighted by Crippen LogP contribution is -1.88. The Labute approximate surface area is 82.1 Å². The van der Waals surface area contributed by atoms with Gasteiger partial charge in [-0.15, -0.1) is 0 Å². The average molecular weight is 188 g/mol. The monoisotopic (exact) mass is 188 g/mol. The Morgan fingerprint density at radius 1 is 1.00 bits per heavy atom. The highest BCUT2D eigenvalue weighted by atomic mass is 32.1. The molecule has 0 atom stereocenters. The van der Waals surface area contributed by atoms with Gasteiger partial charge < -0.3 is 5.11 Å². The summed E-state index contributed by atoms with van der Waals surface area (Å²) in [6.07, 6.45) is 0. The average Bonchev–Trinajstić information content (AvgIpc) is 2.53. The van der Waals surface area contributed by atoms with Gasteiger partial charge in [0.15, 0.2) is 7.85 Å². The lowest BCUT2D eigenvalue weighted by molar-refractivity contribution is 0.475. The molecule has 0 aliphatic carbocycles. The molecule has 0 radical (unpaired) electrons. The van der Waals surface area contributed by atoms with Crippen molar-refractivity contribution in [1.82, 2.24) is 0 Å². The minimum absolute atomic E-state index is 0.317. The maximum atomic E-state index is 9.11. The maximum Gasteiger partial charge on any atom is 0.152 e. The number of rotatable bonds is 1. The molecule has 1 heterocycles. The van der Waals surface area contributed by atoms with Crippen LogP contribution in [0.5, 0.6) is 5.75 Å². The predicted molar refractivity (Wildman–Crippen MR) is 59.6 cm³/mol. The van der Waals surface area contributed by atoms with Crippen LogP contribution in [-0.4, -0.2) is 13.0 Å². The van der Waals surface area contributed by atoms with Gasteiger partial charge in [0, 0.05) is 4.88 Å². The predicted octanol–water partition coefficient (Wildman–Crippen LogP) is 1.38. The first-order valence-corrected chi connectivity index (χ1v) is 4.93. The van der Waals surface area contributed by atoms with Gasteiger partial charge in [-0.3, -0.25) is 0 Å². The lowest BCUT2D eigenvalue weighted by Gasteiger charge is -1.96. The molecule has 0 saturated carbocycles. The second-order valence-corrected chi connectivity index (χ2v) is 4.25. The number of hydrogen-bond acceptors (Lipinski definition) is 2. The molecule has 2 rings (SSSR count). The van der Waals surface area contributed by atoms with Crippen LogP contribution in [0.15, 0.2) is 36.4 Å². The molecule has 1 N–H and O–H groups in total. The van der Waals surface area contributed by atoms with Crippen LogP contribution in [0.1, 0.15) is 0 Å². The summed E-state index contributed by atoms with van der Waals surface area (Å²) in [6.45, 7) is 0. The van der Waals surface area contributed by atoms with E-state index < -0.39 is 0 Å². The highest BCUT2D eigenvalue weighted by molar-refractivity contribution is 7.23. The van der Waals surface area contributed by atoms with Gasteiger partial charge >= 0.3 is 0 Å². The molecular formula is C10H9BOS. The lowest BCUT2D eigenvalue weighted by atomic mass is 10.1. The number of hydrogen-bond donors (Lipinski definition) is 1. The van der Waals surface area contributed by atoms with Gasteiger partial charge in [0.05, 0.1) is 0 Å². The molecule has 0 fully saturated rings. The summed E-state index contributed by atoms with van der Waals surface area (Å²) in [7, 11) is 2.09. The van der Waals surface area contributed by atoms with E-state index in [2.05, 4.69) is 20.0 Å². The Kier molecular flexibility index (Phi) is 2.11. The topological polar surface area (TPSA) is 20.2 Å². The third kappa shape index (κ3) is 1.75. The zero-order valence-electron chi connectivity index (χ0n) is 7.32. The maximum absolute atomic E-state index is 9.11. The zero-order chi connectivity index (χ0) is 9.26. The Hall–Kier alpha value is -1.22. The highest BCUT2D eigenvalue weighted by Crippen LogP contribution is 2.24. The summed E-state index contributed by atoms with van der Waals surface area (Å²) in [6, 6.07) is 11.5. The molecule has 0 aliphatic heterocycles. The molecule has 0 spiro atoms. The zero-order valence-corrected chi connectivity index (χ0v) is 8.14. The second kappa shape index (κ2) is 3.26. The first-order chi connectivity index (χ1) is 6.25. The fourth-order valence-electron chi connectivity index (χ4n) is 1.22. The number of aromatic hydroxyl groups is 1. The van der Waals surface area contributed by atoms with E-state index in [-0.39, 0.29) is 0 Å². The van der Waals surface area contributed by atoms with E-state index in [4.69, 9.17) is 5.11 Å². The number of thiophene rings is 1. The first-order valence-electron chi connectivity index (χ1n) is 4.11. The Morgan fingerprint density at radius 3 is 2.23 bits per heavy atom. The molecule has 0 aliphatic rings. The Balaban J connectivity index is 2.41. The standard InChI is InChI=1S/C10H9BOS/c11-10-6-5-9(13-10)7-1-3-8(12)4-2-7/h1-6,12H,11H2. The molecule has 0 unspecified atom stereocenters. The second-order valence-electron chi connectivity index (χ2n) is 2.96. The van der Waals surface area contributed by atoms with Gasteiger partial charge in [-0.2, -0.15) is 11.3 Å². The Morgan fingerprint density at radius 2 is 1.69 bits per heavy atom. The van der Waals surface area contributed by atoms with Crippen molar-refractivity contribution in [3.63, 3.8) is 0 Å². The van der Waals surface area contributed by atoms with Crippen molar-refractivity contribution in [3.05, 3.63) is 36.4 Å². The largest absolute Gasteiger partial charge is 0.508 e. The van der Waals surface area contributed by atoms with Crippen molar-refractivity contribution in [2.45, 2.75) is 0 Å². The van der Waals surface area contributed by atoms with Crippen molar-refractivity contribution < 1.29 is 5.11 Å². The number of phenols is 1. The molecule has 0 amide bonds. The molecule has 1 nitrogen and oxygen atoms in total. The number of benzene rings is 1. The van der Waals surface area contributed by atoms with Gasteiger partial charge in [-0.25, -0.2) is 0 Å². The van der Waals surface area contributed by atoms with E-state index in [1.807, 2.05) is 12.1 Å². The summed E-state index contributed by atoms with van der Waals surface area (Å²) < 4.78 is 1.31. The van der Waals surface area contributed by atoms with E-state index in [1.165, 1.54) is 9.65 Å². The van der Waals surface area contributed by atoms with E-state index in [0.717, 1.165) is 5.56 Å². The molecule has 64 valence electrons. The van der Waals surface area contributed by atoms with Crippen LogP contribution in [-0.2, 0) is 0 Å². The van der Waals surface area contributed by atoms with Crippen molar-refractivity contribution in [2.75, 3.05) is 0 Å². The van der Waals surface area contributed by atoms with Gasteiger partial charge in [0.1, 0.15) is 5.75 Å². The van der Waals surface area contributed by atoms with Crippen LogP contribution in [0.3, 0.4) is 0 Å². The minimum Gasteiger partial charge on any atom is -0.508 e. The molecule has 3 heteroatoms. The first kappa shape index (κ1) is 8.39. The van der Waals surface area contributed by atoms with Gasteiger partial charge in [0.2, 0.25) is 0 Å². The molecule has 1 aromatic heterocycles. The quantitative estimate of drug-likeness (QED) is 0.670. The van der Waals surface area contributed by atoms with Crippen LogP contribution < -0.4 is 4.78 Å². The molecule has 0 bridgehead atoms. The molecule has 0 saturated heterocycles. The van der Waals surface area contributed by atoms with Crippen LogP contribution in [0, 0.1) is 0 Å². The van der Waals surface area contributed by atoms with Crippen molar-refractivity contribution in [1.29, 1.82) is 0 Å². The van der Waals surface area contributed by atoms with E-state index in [0.29, 0.717) is 5.75 Å². The SMILES string of the molecule is Bc1ccc(-c2ccc(O)cc2)s1. The van der Waals surface area contributed by atoms with Crippen LogP contribution in [0.2, 0.25) is 0 Å². The fraction of sp³-hybridized carbons (Fsp3) is 0. The summed E-state index contributed by atoms with van der Waals surface area (Å²) in [4.78, 5) is 1.25. The van der Waals surface area contributed by atoms with Crippen molar-refractivity contribution >= 4 is 24.0 Å².